The minimum absolute atomic E-state index is 0.216. The summed E-state index contributed by atoms with van der Waals surface area (Å²) in [5, 5.41) is 2.92. The zero-order valence-electron chi connectivity index (χ0n) is 13.6. The molecule has 0 spiro atoms. The highest BCUT2D eigenvalue weighted by molar-refractivity contribution is 7.82. The maximum atomic E-state index is 12.4. The second-order valence-electron chi connectivity index (χ2n) is 5.69. The largest absolute Gasteiger partial charge is 0.496 e. The minimum atomic E-state index is -0.216. The van der Waals surface area contributed by atoms with Gasteiger partial charge in [0.05, 0.1) is 7.11 Å². The van der Waals surface area contributed by atoms with Crippen LogP contribution < -0.4 is 10.1 Å². The molecule has 1 heterocycles. The summed E-state index contributed by atoms with van der Waals surface area (Å²) in [7, 11) is 3.71. The molecule has 0 aromatic heterocycles. The van der Waals surface area contributed by atoms with Crippen molar-refractivity contribution in [3.05, 3.63) is 23.3 Å². The molecule has 6 heteroatoms. The molecular weight excluding hydrogens is 298 g/mol. The molecule has 22 heavy (non-hydrogen) atoms. The van der Waals surface area contributed by atoms with Crippen molar-refractivity contribution in [2.75, 3.05) is 45.7 Å². The number of hydrogen-bond acceptors (Lipinski definition) is 4. The van der Waals surface area contributed by atoms with Crippen LogP contribution in [0.2, 0.25) is 0 Å². The third-order valence-corrected chi connectivity index (χ3v) is 4.42. The van der Waals surface area contributed by atoms with Crippen LogP contribution in [-0.4, -0.2) is 61.0 Å². The lowest BCUT2D eigenvalue weighted by Crippen LogP contribution is -2.49. The second-order valence-corrected chi connectivity index (χ2v) is 6.07. The van der Waals surface area contributed by atoms with Gasteiger partial charge in [-0.1, -0.05) is 12.2 Å². The van der Waals surface area contributed by atoms with E-state index in [-0.39, 0.29) is 5.91 Å². The molecule has 1 fully saturated rings. The number of hydrogen-bond donors (Lipinski definition) is 1. The fraction of sp³-hybridized carbons (Fsp3) is 0.500. The molecule has 0 bridgehead atoms. The van der Waals surface area contributed by atoms with Gasteiger partial charge in [-0.25, -0.2) is 0 Å². The smallest absolute Gasteiger partial charge is 0.283 e. The monoisotopic (exact) mass is 321 g/mol. The van der Waals surface area contributed by atoms with Gasteiger partial charge in [0.2, 0.25) is 0 Å². The first-order valence-electron chi connectivity index (χ1n) is 7.36. The Morgan fingerprint density at radius 3 is 2.41 bits per heavy atom. The summed E-state index contributed by atoms with van der Waals surface area (Å²) >= 11 is 5.33. The van der Waals surface area contributed by atoms with E-state index in [1.807, 2.05) is 30.9 Å². The number of aryl methyl sites for hydroxylation is 2. The van der Waals surface area contributed by atoms with Gasteiger partial charge >= 0.3 is 0 Å². The normalized spacial score (nSPS) is 15.5. The quantitative estimate of drug-likeness (QED) is 0.842. The van der Waals surface area contributed by atoms with Crippen LogP contribution in [-0.2, 0) is 4.79 Å². The molecule has 1 N–H and O–H groups in total. The van der Waals surface area contributed by atoms with Crippen LogP contribution in [0.5, 0.6) is 5.75 Å². The van der Waals surface area contributed by atoms with E-state index in [1.165, 1.54) is 0 Å². The summed E-state index contributed by atoms with van der Waals surface area (Å²) in [4.78, 5) is 16.9. The molecule has 0 unspecified atom stereocenters. The predicted molar refractivity (Wildman–Crippen MR) is 92.8 cm³/mol. The lowest BCUT2D eigenvalue weighted by atomic mass is 10.1. The molecule has 1 amide bonds. The van der Waals surface area contributed by atoms with Gasteiger partial charge in [-0.05, 0) is 44.2 Å². The van der Waals surface area contributed by atoms with E-state index in [0.29, 0.717) is 4.99 Å². The Kier molecular flexibility index (Phi) is 5.37. The Bertz CT molecular complexity index is 581. The number of nitrogens with one attached hydrogen (secondary N) is 1. The number of likely N-dealkylation sites (N-methyl/N-ethyl adjacent to an activating group) is 1. The van der Waals surface area contributed by atoms with Crippen molar-refractivity contribution in [2.45, 2.75) is 13.8 Å². The van der Waals surface area contributed by atoms with E-state index in [1.54, 1.807) is 7.11 Å². The van der Waals surface area contributed by atoms with Crippen molar-refractivity contribution in [1.82, 2.24) is 9.80 Å². The Labute approximate surface area is 137 Å². The van der Waals surface area contributed by atoms with E-state index >= 15 is 0 Å². The van der Waals surface area contributed by atoms with Crippen LogP contribution in [0.15, 0.2) is 12.1 Å². The number of piperazine rings is 1. The Morgan fingerprint density at radius 1 is 1.18 bits per heavy atom. The van der Waals surface area contributed by atoms with E-state index in [9.17, 15) is 4.79 Å². The molecule has 0 aliphatic carbocycles. The Balaban J connectivity index is 2.05. The molecule has 2 rings (SSSR count). The highest BCUT2D eigenvalue weighted by atomic mass is 32.1. The van der Waals surface area contributed by atoms with Gasteiger partial charge < -0.3 is 19.9 Å². The highest BCUT2D eigenvalue weighted by Crippen LogP contribution is 2.26. The Morgan fingerprint density at radius 2 is 1.82 bits per heavy atom. The SMILES string of the molecule is COc1cc(C)c(NC(=O)C(=S)N2CCN(C)CC2)cc1C. The molecular formula is C16H23N3O2S. The molecule has 0 atom stereocenters. The molecule has 0 saturated carbocycles. The molecule has 1 aliphatic rings. The van der Waals surface area contributed by atoms with Gasteiger partial charge in [-0.3, -0.25) is 4.79 Å². The maximum absolute atomic E-state index is 12.4. The number of carbonyl (C=O) groups is 1. The molecule has 5 nitrogen and oxygen atoms in total. The van der Waals surface area contributed by atoms with Crippen LogP contribution >= 0.6 is 12.2 Å². The van der Waals surface area contributed by atoms with E-state index in [4.69, 9.17) is 17.0 Å². The van der Waals surface area contributed by atoms with Gasteiger partial charge in [0, 0.05) is 31.9 Å². The molecule has 1 aliphatic heterocycles. The lowest BCUT2D eigenvalue weighted by molar-refractivity contribution is -0.110. The summed E-state index contributed by atoms with van der Waals surface area (Å²) < 4.78 is 5.29. The van der Waals surface area contributed by atoms with Crippen molar-refractivity contribution in [1.29, 1.82) is 0 Å². The zero-order chi connectivity index (χ0) is 16.3. The molecule has 1 aromatic carbocycles. The van der Waals surface area contributed by atoms with Gasteiger partial charge in [0.25, 0.3) is 5.91 Å². The van der Waals surface area contributed by atoms with Gasteiger partial charge in [-0.2, -0.15) is 0 Å². The standard InChI is InChI=1S/C16H23N3O2S/c1-11-10-14(21-4)12(2)9-13(11)17-15(20)16(22)19-7-5-18(3)6-8-19/h9-10H,5-8H2,1-4H3,(H,17,20). The molecule has 120 valence electrons. The van der Waals surface area contributed by atoms with E-state index < -0.39 is 0 Å². The van der Waals surface area contributed by atoms with Crippen LogP contribution in [0.25, 0.3) is 0 Å². The van der Waals surface area contributed by atoms with Crippen molar-refractivity contribution in [3.63, 3.8) is 0 Å². The number of ether oxygens (including phenoxy) is 1. The molecule has 0 radical (unpaired) electrons. The fourth-order valence-electron chi connectivity index (χ4n) is 2.47. The van der Waals surface area contributed by atoms with Crippen molar-refractivity contribution < 1.29 is 9.53 Å². The summed E-state index contributed by atoms with van der Waals surface area (Å²) in [6.45, 7) is 7.33. The summed E-state index contributed by atoms with van der Waals surface area (Å²) in [6.07, 6.45) is 0. The number of anilines is 1. The van der Waals surface area contributed by atoms with E-state index in [2.05, 4.69) is 17.3 Å². The summed E-state index contributed by atoms with van der Waals surface area (Å²) in [5.41, 5.74) is 2.71. The third-order valence-electron chi connectivity index (χ3n) is 3.97. The number of thiocarbonyl (C=S) groups is 1. The number of amides is 1. The summed E-state index contributed by atoms with van der Waals surface area (Å²) in [6, 6.07) is 3.84. The number of benzene rings is 1. The number of carbonyl (C=O) groups excluding carboxylic acids is 1. The topological polar surface area (TPSA) is 44.8 Å². The third kappa shape index (κ3) is 3.75. The van der Waals surface area contributed by atoms with Crippen molar-refractivity contribution in [3.8, 4) is 5.75 Å². The first-order valence-corrected chi connectivity index (χ1v) is 7.77. The first kappa shape index (κ1) is 16.7. The molecule has 1 aromatic rings. The highest BCUT2D eigenvalue weighted by Gasteiger charge is 2.22. The van der Waals surface area contributed by atoms with Crippen molar-refractivity contribution >= 4 is 28.8 Å². The molecule has 1 saturated heterocycles. The fourth-order valence-corrected chi connectivity index (χ4v) is 2.71. The van der Waals surface area contributed by atoms with Crippen LogP contribution in [0.1, 0.15) is 11.1 Å². The lowest BCUT2D eigenvalue weighted by Gasteiger charge is -2.33. The zero-order valence-corrected chi connectivity index (χ0v) is 14.4. The van der Waals surface area contributed by atoms with Gasteiger partial charge in [0.15, 0.2) is 4.99 Å². The number of rotatable bonds is 2. The number of nitrogens with zero attached hydrogens (tertiary/aromatic N) is 2. The minimum Gasteiger partial charge on any atom is -0.496 e. The summed E-state index contributed by atoms with van der Waals surface area (Å²) in [5.74, 6) is 0.601. The van der Waals surface area contributed by atoms with Crippen LogP contribution in [0, 0.1) is 13.8 Å². The van der Waals surface area contributed by atoms with Gasteiger partial charge in [-0.15, -0.1) is 0 Å². The second kappa shape index (κ2) is 7.07. The number of methoxy groups -OCH3 is 1. The predicted octanol–water partition coefficient (Wildman–Crippen LogP) is 1.83. The Hall–Kier alpha value is -1.66. The maximum Gasteiger partial charge on any atom is 0.283 e. The average Bonchev–Trinajstić information content (AvgIpc) is 2.50. The van der Waals surface area contributed by atoms with Crippen LogP contribution in [0.4, 0.5) is 5.69 Å². The first-order chi connectivity index (χ1) is 10.4. The van der Waals surface area contributed by atoms with Crippen LogP contribution in [0.3, 0.4) is 0 Å². The van der Waals surface area contributed by atoms with E-state index in [0.717, 1.165) is 48.7 Å². The van der Waals surface area contributed by atoms with Gasteiger partial charge in [0.1, 0.15) is 5.75 Å². The van der Waals surface area contributed by atoms with Crippen molar-refractivity contribution in [2.24, 2.45) is 0 Å². The average molecular weight is 321 g/mol.